The number of carbonyl (C=O) groups is 1. The lowest BCUT2D eigenvalue weighted by Gasteiger charge is -2.05. The second-order valence-electron chi connectivity index (χ2n) is 5.44. The van der Waals surface area contributed by atoms with Gasteiger partial charge in [0.2, 0.25) is 20.0 Å². The van der Waals surface area contributed by atoms with Gasteiger partial charge >= 0.3 is 6.03 Å². The summed E-state index contributed by atoms with van der Waals surface area (Å²) in [6, 6.07) is 7.27. The number of nitrogens with one attached hydrogen (secondary N) is 1. The fourth-order valence-corrected chi connectivity index (χ4v) is 3.72. The molecule has 0 spiro atoms. The van der Waals surface area contributed by atoms with Crippen molar-refractivity contribution in [3.05, 3.63) is 47.5 Å². The van der Waals surface area contributed by atoms with Gasteiger partial charge in [0.1, 0.15) is 0 Å². The summed E-state index contributed by atoms with van der Waals surface area (Å²) in [6.45, 7) is 0. The molecule has 2 aromatic rings. The molecule has 10 nitrogen and oxygen atoms in total. The van der Waals surface area contributed by atoms with Crippen LogP contribution in [0.4, 0.5) is 4.79 Å². The van der Waals surface area contributed by atoms with Crippen molar-refractivity contribution in [3.63, 3.8) is 0 Å². The number of rotatable bonds is 3. The lowest BCUT2D eigenvalue weighted by Crippen LogP contribution is -2.26. The number of carbonyl (C=O) groups excluding carboxylic acids is 1. The fourth-order valence-electron chi connectivity index (χ4n) is 2.64. The molecular weight excluding hydrogens is 382 g/mol. The molecule has 7 N–H and O–H groups in total. The Kier molecular flexibility index (Phi) is 4.07. The van der Waals surface area contributed by atoms with E-state index in [1.165, 1.54) is 36.4 Å². The smallest absolute Gasteiger partial charge is 0.332 e. The highest BCUT2D eigenvalue weighted by molar-refractivity contribution is 7.89. The van der Waals surface area contributed by atoms with E-state index in [9.17, 15) is 21.6 Å². The number of hydrogen-bond donors (Lipinski definition) is 4. The third-order valence-electron chi connectivity index (χ3n) is 3.72. The second-order valence-corrected chi connectivity index (χ2v) is 8.56. The Morgan fingerprint density at radius 3 is 1.58 bits per heavy atom. The first-order valence-corrected chi connectivity index (χ1v) is 10.1. The topological polar surface area (TPSA) is 188 Å². The van der Waals surface area contributed by atoms with Crippen molar-refractivity contribution in [1.82, 2.24) is 5.43 Å². The third kappa shape index (κ3) is 3.17. The van der Waals surface area contributed by atoms with E-state index < -0.39 is 26.1 Å². The van der Waals surface area contributed by atoms with Gasteiger partial charge in [0, 0.05) is 11.1 Å². The van der Waals surface area contributed by atoms with E-state index >= 15 is 0 Å². The van der Waals surface area contributed by atoms with Crippen molar-refractivity contribution < 1.29 is 21.6 Å². The maximum absolute atomic E-state index is 11.6. The van der Waals surface area contributed by atoms with Crippen molar-refractivity contribution in [1.29, 1.82) is 0 Å². The summed E-state index contributed by atoms with van der Waals surface area (Å²) < 4.78 is 46.5. The number of hydrazone groups is 1. The van der Waals surface area contributed by atoms with E-state index in [1.54, 1.807) is 0 Å². The maximum atomic E-state index is 11.6. The van der Waals surface area contributed by atoms with Crippen LogP contribution in [0.15, 0.2) is 51.3 Å². The molecule has 0 aromatic heterocycles. The summed E-state index contributed by atoms with van der Waals surface area (Å²) in [5.74, 6) is 0. The van der Waals surface area contributed by atoms with Crippen molar-refractivity contribution in [2.24, 2.45) is 21.1 Å². The van der Waals surface area contributed by atoms with Gasteiger partial charge in [0.15, 0.2) is 0 Å². The lowest BCUT2D eigenvalue weighted by molar-refractivity contribution is 0.249. The van der Waals surface area contributed by atoms with E-state index in [1.807, 2.05) is 0 Å². The van der Waals surface area contributed by atoms with Gasteiger partial charge in [-0.2, -0.15) is 5.10 Å². The molecule has 1 aliphatic carbocycles. The molecule has 0 unspecified atom stereocenters. The van der Waals surface area contributed by atoms with E-state index in [2.05, 4.69) is 10.5 Å². The van der Waals surface area contributed by atoms with Crippen LogP contribution < -0.4 is 21.4 Å². The summed E-state index contributed by atoms with van der Waals surface area (Å²) in [4.78, 5) is 10.7. The molecule has 0 saturated carbocycles. The van der Waals surface area contributed by atoms with Crippen LogP contribution in [0.5, 0.6) is 0 Å². The summed E-state index contributed by atoms with van der Waals surface area (Å²) in [5, 5.41) is 14.2. The molecule has 0 radical (unpaired) electrons. The Bertz CT molecular complexity index is 1100. The van der Waals surface area contributed by atoms with Gasteiger partial charge in [-0.3, -0.25) is 0 Å². The number of hydrogen-bond acceptors (Lipinski definition) is 6. The Hall–Kier alpha value is -2.80. The predicted molar refractivity (Wildman–Crippen MR) is 93.0 cm³/mol. The number of urea groups is 1. The van der Waals surface area contributed by atoms with Crippen LogP contribution in [0.25, 0.3) is 11.1 Å². The summed E-state index contributed by atoms with van der Waals surface area (Å²) in [6.07, 6.45) is 0. The minimum absolute atomic E-state index is 0.129. The second kappa shape index (κ2) is 5.88. The molecule has 2 amide bonds. The number of nitrogens with zero attached hydrogens (tertiary/aromatic N) is 1. The third-order valence-corrected chi connectivity index (χ3v) is 5.54. The molecule has 26 heavy (non-hydrogen) atoms. The fraction of sp³-hybridized carbons (Fsp3) is 0. The molecule has 0 bridgehead atoms. The highest BCUT2D eigenvalue weighted by Gasteiger charge is 2.28. The molecular formula is C14H13N5O5S2. The maximum Gasteiger partial charge on any atom is 0.332 e. The summed E-state index contributed by atoms with van der Waals surface area (Å²) in [5.41, 5.74) is 9.04. The largest absolute Gasteiger partial charge is 0.350 e. The average molecular weight is 395 g/mol. The van der Waals surface area contributed by atoms with Gasteiger partial charge in [-0.1, -0.05) is 12.1 Å². The Morgan fingerprint density at radius 2 is 1.23 bits per heavy atom. The van der Waals surface area contributed by atoms with Crippen LogP contribution in [0.1, 0.15) is 11.1 Å². The zero-order valence-electron chi connectivity index (χ0n) is 13.0. The number of amides is 2. The van der Waals surface area contributed by atoms with Crippen molar-refractivity contribution >= 4 is 31.8 Å². The molecule has 136 valence electrons. The molecule has 2 aromatic carbocycles. The Morgan fingerprint density at radius 1 is 0.808 bits per heavy atom. The van der Waals surface area contributed by atoms with Gasteiger partial charge in [0.25, 0.3) is 0 Å². The van der Waals surface area contributed by atoms with Crippen molar-refractivity contribution in [2.75, 3.05) is 0 Å². The molecule has 0 fully saturated rings. The first-order valence-electron chi connectivity index (χ1n) is 6.96. The first kappa shape index (κ1) is 18.0. The molecule has 0 heterocycles. The minimum Gasteiger partial charge on any atom is -0.350 e. The van der Waals surface area contributed by atoms with Gasteiger partial charge in [-0.25, -0.2) is 37.3 Å². The zero-order valence-corrected chi connectivity index (χ0v) is 14.6. The number of benzene rings is 2. The van der Waals surface area contributed by atoms with E-state index in [-0.39, 0.29) is 15.5 Å². The van der Waals surface area contributed by atoms with Crippen LogP contribution >= 0.6 is 0 Å². The van der Waals surface area contributed by atoms with Crippen molar-refractivity contribution in [2.45, 2.75) is 9.79 Å². The Labute approximate surface area is 148 Å². The molecule has 3 rings (SSSR count). The molecule has 0 saturated heterocycles. The predicted octanol–water partition coefficient (Wildman–Crippen LogP) is -0.617. The van der Waals surface area contributed by atoms with Gasteiger partial charge in [0.05, 0.1) is 15.5 Å². The standard InChI is InChI=1S/C14H13N5O5S2/c15-14(20)19-18-13-11-5-7(25(16,21)22)1-3-9(11)10-4-2-8(6-12(10)13)26(17,23)24/h1-6H,(H3,15,19,20)(H2,16,21,22)(H2,17,23,24). The molecule has 12 heteroatoms. The van der Waals surface area contributed by atoms with Crippen LogP contribution in [0.3, 0.4) is 0 Å². The molecule has 0 atom stereocenters. The number of primary sulfonamides is 2. The minimum atomic E-state index is -3.98. The van der Waals surface area contributed by atoms with Crippen LogP contribution in [-0.4, -0.2) is 28.6 Å². The summed E-state index contributed by atoms with van der Waals surface area (Å²) in [7, 11) is -7.96. The van der Waals surface area contributed by atoms with Gasteiger partial charge in [-0.15, -0.1) is 0 Å². The Balaban J connectivity index is 2.30. The zero-order chi connectivity index (χ0) is 19.3. The van der Waals surface area contributed by atoms with Gasteiger partial charge in [-0.05, 0) is 35.4 Å². The van der Waals surface area contributed by atoms with Crippen molar-refractivity contribution in [3.8, 4) is 11.1 Å². The average Bonchev–Trinajstić information content (AvgIpc) is 2.83. The van der Waals surface area contributed by atoms with E-state index in [0.717, 1.165) is 0 Å². The highest BCUT2D eigenvalue weighted by atomic mass is 32.2. The molecule has 0 aliphatic heterocycles. The van der Waals surface area contributed by atoms with Crippen LogP contribution in [-0.2, 0) is 20.0 Å². The van der Waals surface area contributed by atoms with Crippen LogP contribution in [0.2, 0.25) is 0 Å². The SMILES string of the molecule is NC(=O)NN=C1c2cc(S(N)(=O)=O)ccc2-c2ccc(S(N)(=O)=O)cc21. The van der Waals surface area contributed by atoms with Crippen LogP contribution in [0, 0.1) is 0 Å². The number of sulfonamides is 2. The monoisotopic (exact) mass is 395 g/mol. The van der Waals surface area contributed by atoms with Gasteiger partial charge < -0.3 is 5.73 Å². The van der Waals surface area contributed by atoms with E-state index in [0.29, 0.717) is 22.3 Å². The quantitative estimate of drug-likeness (QED) is 0.429. The highest BCUT2D eigenvalue weighted by Crippen LogP contribution is 2.38. The summed E-state index contributed by atoms with van der Waals surface area (Å²) >= 11 is 0. The lowest BCUT2D eigenvalue weighted by atomic mass is 10.1. The molecule has 1 aliphatic rings. The number of nitrogens with two attached hydrogens (primary N) is 3. The first-order chi connectivity index (χ1) is 12.0. The van der Waals surface area contributed by atoms with E-state index in [4.69, 9.17) is 16.0 Å². The number of primary amides is 1. The number of fused-ring (bicyclic) bond motifs is 3. The normalized spacial score (nSPS) is 13.1.